The lowest BCUT2D eigenvalue weighted by Crippen LogP contribution is -2.41. The maximum atomic E-state index is 12.5. The lowest BCUT2D eigenvalue weighted by molar-refractivity contribution is -0.192. The molecular formula is C23H30F3N5O4. The standard InChI is InChI=1S/C21H29N5O2.C2HF3O2/c1-15(2)6-7-20(28)26-10-9-25-14-18(24-21(25)16(26)3)11-19(27)23-13-17-5-4-8-22-12-17;3-2(4,5)1(6)7/h4-5,8,12,14-16H,6-7,9-11,13H2,1-3H3,(H,23,27);(H,6,7). The summed E-state index contributed by atoms with van der Waals surface area (Å²) in [4.78, 5) is 44.3. The highest BCUT2D eigenvalue weighted by Gasteiger charge is 2.38. The van der Waals surface area contributed by atoms with E-state index in [4.69, 9.17) is 9.90 Å². The molecule has 0 aromatic carbocycles. The first-order valence-corrected chi connectivity index (χ1v) is 11.2. The van der Waals surface area contributed by atoms with Crippen LogP contribution in [-0.2, 0) is 33.9 Å². The first-order chi connectivity index (χ1) is 16.4. The number of amides is 2. The van der Waals surface area contributed by atoms with Crippen molar-refractivity contribution in [2.45, 2.75) is 65.3 Å². The molecule has 0 fully saturated rings. The van der Waals surface area contributed by atoms with Crippen LogP contribution in [0.25, 0.3) is 0 Å². The van der Waals surface area contributed by atoms with E-state index in [-0.39, 0.29) is 24.3 Å². The summed E-state index contributed by atoms with van der Waals surface area (Å²) in [6, 6.07) is 3.70. The molecular weight excluding hydrogens is 467 g/mol. The third-order valence-corrected chi connectivity index (χ3v) is 5.33. The quantitative estimate of drug-likeness (QED) is 0.607. The van der Waals surface area contributed by atoms with Crippen molar-refractivity contribution in [3.05, 3.63) is 47.8 Å². The van der Waals surface area contributed by atoms with Crippen LogP contribution < -0.4 is 5.32 Å². The van der Waals surface area contributed by atoms with Gasteiger partial charge in [0.15, 0.2) is 0 Å². The van der Waals surface area contributed by atoms with E-state index in [1.807, 2.05) is 30.2 Å². The Morgan fingerprint density at radius 2 is 1.94 bits per heavy atom. The number of rotatable bonds is 7. The monoisotopic (exact) mass is 497 g/mol. The van der Waals surface area contributed by atoms with Gasteiger partial charge in [-0.05, 0) is 30.9 Å². The lowest BCUT2D eigenvalue weighted by atomic mass is 10.1. The molecule has 12 heteroatoms. The topological polar surface area (TPSA) is 117 Å². The third kappa shape index (κ3) is 8.69. The van der Waals surface area contributed by atoms with Gasteiger partial charge in [0.2, 0.25) is 11.8 Å². The number of halogens is 3. The SMILES string of the molecule is CC(C)CCC(=O)N1CCn2cc(CC(=O)NCc3cccnc3)nc2C1C.O=C(O)C(F)(F)F. The summed E-state index contributed by atoms with van der Waals surface area (Å²) in [6.07, 6.45) is 2.01. The Morgan fingerprint density at radius 1 is 1.26 bits per heavy atom. The molecule has 2 N–H and O–H groups in total. The number of imidazole rings is 1. The molecule has 35 heavy (non-hydrogen) atoms. The maximum absolute atomic E-state index is 12.5. The van der Waals surface area contributed by atoms with Crippen LogP contribution in [0.5, 0.6) is 0 Å². The van der Waals surface area contributed by atoms with E-state index in [0.29, 0.717) is 25.4 Å². The molecule has 2 amide bonds. The Balaban J connectivity index is 0.000000540. The fourth-order valence-electron chi connectivity index (χ4n) is 3.46. The Morgan fingerprint density at radius 3 is 2.51 bits per heavy atom. The van der Waals surface area contributed by atoms with Gasteiger partial charge in [0.1, 0.15) is 5.82 Å². The van der Waals surface area contributed by atoms with Gasteiger partial charge in [-0.15, -0.1) is 0 Å². The van der Waals surface area contributed by atoms with Gasteiger partial charge in [-0.25, -0.2) is 9.78 Å². The van der Waals surface area contributed by atoms with E-state index < -0.39 is 12.1 Å². The highest BCUT2D eigenvalue weighted by atomic mass is 19.4. The van der Waals surface area contributed by atoms with Crippen LogP contribution in [0.3, 0.4) is 0 Å². The summed E-state index contributed by atoms with van der Waals surface area (Å²) in [6.45, 7) is 8.13. The maximum Gasteiger partial charge on any atom is 0.490 e. The van der Waals surface area contributed by atoms with Gasteiger partial charge in [-0.2, -0.15) is 13.2 Å². The zero-order valence-electron chi connectivity index (χ0n) is 19.9. The number of carbonyl (C=O) groups excluding carboxylic acids is 2. The molecule has 1 aliphatic heterocycles. The van der Waals surface area contributed by atoms with Gasteiger partial charge in [0, 0.05) is 44.6 Å². The number of carboxylic acid groups (broad SMARTS) is 1. The van der Waals surface area contributed by atoms with Gasteiger partial charge >= 0.3 is 12.1 Å². The van der Waals surface area contributed by atoms with Crippen LogP contribution in [0.2, 0.25) is 0 Å². The molecule has 9 nitrogen and oxygen atoms in total. The number of carbonyl (C=O) groups is 3. The summed E-state index contributed by atoms with van der Waals surface area (Å²) in [5.74, 6) is -1.27. The fraction of sp³-hybridized carbons (Fsp3) is 0.522. The highest BCUT2D eigenvalue weighted by molar-refractivity contribution is 5.78. The van der Waals surface area contributed by atoms with Crippen molar-refractivity contribution in [1.82, 2.24) is 24.8 Å². The van der Waals surface area contributed by atoms with Gasteiger partial charge in [0.25, 0.3) is 0 Å². The van der Waals surface area contributed by atoms with Crippen LogP contribution in [0.1, 0.15) is 56.7 Å². The minimum atomic E-state index is -5.08. The van der Waals surface area contributed by atoms with Crippen LogP contribution in [-0.4, -0.2) is 55.0 Å². The van der Waals surface area contributed by atoms with Crippen LogP contribution in [0, 0.1) is 5.92 Å². The van der Waals surface area contributed by atoms with Gasteiger partial charge in [-0.1, -0.05) is 19.9 Å². The number of nitrogens with zero attached hydrogens (tertiary/aromatic N) is 4. The number of aromatic nitrogens is 3. The summed E-state index contributed by atoms with van der Waals surface area (Å²) < 4.78 is 33.8. The molecule has 0 bridgehead atoms. The Kier molecular flexibility index (Phi) is 9.78. The van der Waals surface area contributed by atoms with Crippen molar-refractivity contribution in [3.8, 4) is 0 Å². The van der Waals surface area contributed by atoms with E-state index in [9.17, 15) is 22.8 Å². The van der Waals surface area contributed by atoms with E-state index in [0.717, 1.165) is 30.0 Å². The third-order valence-electron chi connectivity index (χ3n) is 5.33. The molecule has 1 unspecified atom stereocenters. The Labute approximate surface area is 201 Å². The van der Waals surface area contributed by atoms with Crippen molar-refractivity contribution in [2.24, 2.45) is 5.92 Å². The van der Waals surface area contributed by atoms with Gasteiger partial charge in [0.05, 0.1) is 18.2 Å². The minimum Gasteiger partial charge on any atom is -0.475 e. The molecule has 0 radical (unpaired) electrons. The summed E-state index contributed by atoms with van der Waals surface area (Å²) >= 11 is 0. The minimum absolute atomic E-state index is 0.0689. The smallest absolute Gasteiger partial charge is 0.475 e. The number of hydrogen-bond acceptors (Lipinski definition) is 5. The normalized spacial score (nSPS) is 15.2. The number of pyridine rings is 1. The molecule has 3 heterocycles. The summed E-state index contributed by atoms with van der Waals surface area (Å²) in [5, 5.41) is 10.0. The second-order valence-corrected chi connectivity index (χ2v) is 8.60. The number of carboxylic acids is 1. The predicted molar refractivity (Wildman–Crippen MR) is 120 cm³/mol. The van der Waals surface area contributed by atoms with Crippen molar-refractivity contribution < 1.29 is 32.7 Å². The second kappa shape index (κ2) is 12.3. The number of aliphatic carboxylic acids is 1. The van der Waals surface area contributed by atoms with Gasteiger partial charge < -0.3 is 19.9 Å². The zero-order valence-corrected chi connectivity index (χ0v) is 19.9. The van der Waals surface area contributed by atoms with Crippen molar-refractivity contribution >= 4 is 17.8 Å². The number of hydrogen-bond donors (Lipinski definition) is 2. The summed E-state index contributed by atoms with van der Waals surface area (Å²) in [5.41, 5.74) is 1.70. The van der Waals surface area contributed by atoms with E-state index in [1.165, 1.54) is 0 Å². The van der Waals surface area contributed by atoms with Crippen LogP contribution >= 0.6 is 0 Å². The molecule has 192 valence electrons. The first kappa shape index (κ1) is 27.8. The van der Waals surface area contributed by atoms with E-state index in [1.54, 1.807) is 12.4 Å². The Hall–Kier alpha value is -3.44. The predicted octanol–water partition coefficient (Wildman–Crippen LogP) is 3.11. The zero-order chi connectivity index (χ0) is 26.2. The molecule has 0 saturated carbocycles. The fourth-order valence-corrected chi connectivity index (χ4v) is 3.46. The van der Waals surface area contributed by atoms with Crippen molar-refractivity contribution in [3.63, 3.8) is 0 Å². The first-order valence-electron chi connectivity index (χ1n) is 11.2. The average molecular weight is 498 g/mol. The number of alkyl halides is 3. The van der Waals surface area contributed by atoms with E-state index in [2.05, 4.69) is 33.7 Å². The van der Waals surface area contributed by atoms with E-state index >= 15 is 0 Å². The van der Waals surface area contributed by atoms with Crippen LogP contribution in [0.15, 0.2) is 30.7 Å². The molecule has 0 spiro atoms. The molecule has 1 aliphatic rings. The highest BCUT2D eigenvalue weighted by Crippen LogP contribution is 2.26. The Bertz CT molecular complexity index is 1010. The number of fused-ring (bicyclic) bond motifs is 1. The molecule has 1 atom stereocenters. The molecule has 0 saturated heterocycles. The van der Waals surface area contributed by atoms with Crippen LogP contribution in [0.4, 0.5) is 13.2 Å². The summed E-state index contributed by atoms with van der Waals surface area (Å²) in [7, 11) is 0. The second-order valence-electron chi connectivity index (χ2n) is 8.60. The molecule has 0 aliphatic carbocycles. The molecule has 3 rings (SSSR count). The van der Waals surface area contributed by atoms with Crippen molar-refractivity contribution in [1.29, 1.82) is 0 Å². The molecule has 2 aromatic rings. The van der Waals surface area contributed by atoms with Crippen molar-refractivity contribution in [2.75, 3.05) is 6.54 Å². The largest absolute Gasteiger partial charge is 0.490 e. The molecule has 2 aromatic heterocycles. The average Bonchev–Trinajstić information content (AvgIpc) is 3.20. The number of nitrogens with one attached hydrogen (secondary N) is 1. The lowest BCUT2D eigenvalue weighted by Gasteiger charge is -2.34. The van der Waals surface area contributed by atoms with Gasteiger partial charge in [-0.3, -0.25) is 14.6 Å².